The first-order valence-electron chi connectivity index (χ1n) is 21.7. The molecule has 4 heteroatoms. The normalized spacial score (nSPS) is 11.6. The second-order valence-corrected chi connectivity index (χ2v) is 16.4. The molecule has 3 heterocycles. The van der Waals surface area contributed by atoms with Crippen LogP contribution in [0.4, 0.5) is 17.1 Å². The highest BCUT2D eigenvalue weighted by atomic mass is 15.1. The van der Waals surface area contributed by atoms with Gasteiger partial charge in [-0.2, -0.15) is 0 Å². The first-order chi connectivity index (χ1) is 31.6. The van der Waals surface area contributed by atoms with Crippen LogP contribution in [0.1, 0.15) is 16.7 Å². The summed E-state index contributed by atoms with van der Waals surface area (Å²) < 4.78 is 7.09. The van der Waals surface area contributed by atoms with Gasteiger partial charge in [-0.3, -0.25) is 0 Å². The highest BCUT2D eigenvalue weighted by Crippen LogP contribution is 2.40. The minimum Gasteiger partial charge on any atom is -0.310 e. The summed E-state index contributed by atoms with van der Waals surface area (Å²) in [6.45, 7) is 12.1. The van der Waals surface area contributed by atoms with Gasteiger partial charge in [-0.25, -0.2) is 0 Å². The Morgan fingerprint density at radius 3 is 0.828 bits per heavy atom. The van der Waals surface area contributed by atoms with E-state index in [2.05, 4.69) is 239 Å². The van der Waals surface area contributed by atoms with Crippen LogP contribution in [0.15, 0.2) is 220 Å². The van der Waals surface area contributed by atoms with E-state index in [9.17, 15) is 0 Å². The third-order valence-corrected chi connectivity index (χ3v) is 12.9. The Morgan fingerprint density at radius 1 is 0.281 bits per heavy atom. The Kier molecular flexibility index (Phi) is 8.60. The number of rotatable bonds is 9. The molecule has 9 aromatic carbocycles. The van der Waals surface area contributed by atoms with Crippen LogP contribution in [0, 0.1) is 0 Å². The van der Waals surface area contributed by atoms with Crippen LogP contribution in [0.25, 0.3) is 101 Å². The number of hydrogen-bond acceptors (Lipinski definition) is 1. The molecule has 0 saturated carbocycles. The fourth-order valence-corrected chi connectivity index (χ4v) is 9.89. The van der Waals surface area contributed by atoms with Crippen molar-refractivity contribution in [3.8, 4) is 17.1 Å². The van der Waals surface area contributed by atoms with Gasteiger partial charge in [0.05, 0.1) is 33.1 Å². The average Bonchev–Trinajstić information content (AvgIpc) is 3.99. The molecule has 12 rings (SSSR count). The molecule has 0 unspecified atom stereocenters. The number of hydrogen-bond donors (Lipinski definition) is 0. The third-order valence-electron chi connectivity index (χ3n) is 12.9. The first-order valence-corrected chi connectivity index (χ1v) is 21.7. The van der Waals surface area contributed by atoms with Crippen LogP contribution in [0.5, 0.6) is 0 Å². The number of fused-ring (bicyclic) bond motifs is 9. The monoisotopic (exact) mass is 818 g/mol. The predicted octanol–water partition coefficient (Wildman–Crippen LogP) is 16.4. The molecule has 64 heavy (non-hydrogen) atoms. The van der Waals surface area contributed by atoms with Gasteiger partial charge >= 0.3 is 0 Å². The molecular weight excluding hydrogens is 777 g/mol. The van der Waals surface area contributed by atoms with Gasteiger partial charge in [0.15, 0.2) is 0 Å². The minimum absolute atomic E-state index is 1.06. The molecule has 0 spiro atoms. The van der Waals surface area contributed by atoms with Crippen LogP contribution < -0.4 is 4.90 Å². The zero-order valence-corrected chi connectivity index (χ0v) is 35.2. The number of para-hydroxylation sites is 3. The van der Waals surface area contributed by atoms with E-state index >= 15 is 0 Å². The molecule has 0 radical (unpaired) electrons. The van der Waals surface area contributed by atoms with Gasteiger partial charge < -0.3 is 18.6 Å². The molecule has 0 fully saturated rings. The Hall–Kier alpha value is -8.60. The Bertz CT molecular complexity index is 3420. The molecule has 0 N–H and O–H groups in total. The molecule has 4 nitrogen and oxygen atoms in total. The summed E-state index contributed by atoms with van der Waals surface area (Å²) in [5.74, 6) is 0. The molecule has 12 aromatic rings. The smallest absolute Gasteiger partial charge is 0.0541 e. The van der Waals surface area contributed by atoms with Crippen molar-refractivity contribution in [3.05, 3.63) is 237 Å². The third kappa shape index (κ3) is 5.77. The van der Waals surface area contributed by atoms with Crippen molar-refractivity contribution in [1.82, 2.24) is 13.7 Å². The lowest BCUT2D eigenvalue weighted by Gasteiger charge is -2.26. The Balaban J connectivity index is 0.995. The lowest BCUT2D eigenvalue weighted by atomic mass is 10.1. The SMILES string of the molecule is C=Cc1ccc2c(c1)c1ccccc1n2-c1ccc(N(c2ccc(-n3c4ccccc4c4cc(C=C)ccc43)cc2)c2ccc(-n3c4ccccc4c4cc(C=C)ccc43)cc2)cc1. The molecule has 0 aliphatic carbocycles. The first kappa shape index (κ1) is 37.2. The predicted molar refractivity (Wildman–Crippen MR) is 274 cm³/mol. The Morgan fingerprint density at radius 2 is 0.547 bits per heavy atom. The maximum absolute atomic E-state index is 4.03. The van der Waals surface area contributed by atoms with Gasteiger partial charge in [-0.1, -0.05) is 111 Å². The maximum atomic E-state index is 4.03. The quantitative estimate of drug-likeness (QED) is 0.142. The second-order valence-electron chi connectivity index (χ2n) is 16.4. The molecule has 0 amide bonds. The highest BCUT2D eigenvalue weighted by Gasteiger charge is 2.19. The molecular formula is C60H42N4. The van der Waals surface area contributed by atoms with Crippen LogP contribution in [0.3, 0.4) is 0 Å². The molecule has 0 aliphatic heterocycles. The maximum Gasteiger partial charge on any atom is 0.0541 e. The lowest BCUT2D eigenvalue weighted by molar-refractivity contribution is 1.16. The summed E-state index contributed by atoms with van der Waals surface area (Å²) in [6.07, 6.45) is 5.74. The summed E-state index contributed by atoms with van der Waals surface area (Å²) in [6, 6.07) is 72.6. The van der Waals surface area contributed by atoms with Gasteiger partial charge in [0.2, 0.25) is 0 Å². The van der Waals surface area contributed by atoms with Gasteiger partial charge in [0, 0.05) is 66.4 Å². The average molecular weight is 819 g/mol. The second kappa shape index (κ2) is 14.8. The molecule has 0 bridgehead atoms. The summed E-state index contributed by atoms with van der Waals surface area (Å²) in [4.78, 5) is 2.35. The largest absolute Gasteiger partial charge is 0.310 e. The van der Waals surface area contributed by atoms with Gasteiger partial charge in [0.1, 0.15) is 0 Å². The lowest BCUT2D eigenvalue weighted by Crippen LogP contribution is -2.10. The van der Waals surface area contributed by atoms with E-state index in [0.29, 0.717) is 0 Å². The van der Waals surface area contributed by atoms with Crippen LogP contribution in [0.2, 0.25) is 0 Å². The van der Waals surface area contributed by atoms with E-state index in [1.165, 1.54) is 65.4 Å². The number of benzene rings is 9. The standard InChI is InChI=1S/C60H42N4/c1-4-40-19-34-58-52(37-40)49-13-7-10-16-55(49)62(58)46-28-22-43(23-29-46)61(44-24-30-47(31-25-44)63-56-17-11-8-14-50(56)53-38-41(5-2)20-35-59(53)63)45-26-32-48(33-27-45)64-57-18-12-9-15-51(57)54-39-42(6-3)21-36-60(54)64/h4-39H,1-3H2. The van der Waals surface area contributed by atoms with Crippen LogP contribution in [-0.2, 0) is 0 Å². The van der Waals surface area contributed by atoms with Gasteiger partial charge in [-0.05, 0) is 144 Å². The van der Waals surface area contributed by atoms with E-state index in [1.807, 2.05) is 18.2 Å². The van der Waals surface area contributed by atoms with Crippen molar-refractivity contribution in [1.29, 1.82) is 0 Å². The number of anilines is 3. The van der Waals surface area contributed by atoms with Crippen molar-refractivity contribution in [2.75, 3.05) is 4.90 Å². The van der Waals surface area contributed by atoms with Gasteiger partial charge in [0.25, 0.3) is 0 Å². The van der Waals surface area contributed by atoms with Crippen molar-refractivity contribution in [2.45, 2.75) is 0 Å². The van der Waals surface area contributed by atoms with E-state index in [1.54, 1.807) is 0 Å². The summed E-state index contributed by atoms with van der Waals surface area (Å²) in [5, 5.41) is 7.32. The van der Waals surface area contributed by atoms with Gasteiger partial charge in [-0.15, -0.1) is 0 Å². The summed E-state index contributed by atoms with van der Waals surface area (Å²) in [7, 11) is 0. The zero-order valence-electron chi connectivity index (χ0n) is 35.2. The van der Waals surface area contributed by atoms with Crippen molar-refractivity contribution in [2.24, 2.45) is 0 Å². The molecule has 0 saturated heterocycles. The number of nitrogens with zero attached hydrogens (tertiary/aromatic N) is 4. The zero-order chi connectivity index (χ0) is 42.9. The highest BCUT2D eigenvalue weighted by molar-refractivity contribution is 6.12. The molecule has 0 aliphatic rings. The summed E-state index contributed by atoms with van der Waals surface area (Å²) in [5.41, 5.74) is 16.8. The fourth-order valence-electron chi connectivity index (χ4n) is 9.89. The molecule has 0 atom stereocenters. The Labute approximate surface area is 371 Å². The fraction of sp³-hybridized carbons (Fsp3) is 0. The van der Waals surface area contributed by atoms with Crippen LogP contribution in [-0.4, -0.2) is 13.7 Å². The van der Waals surface area contributed by atoms with Crippen molar-refractivity contribution in [3.63, 3.8) is 0 Å². The van der Waals surface area contributed by atoms with Crippen molar-refractivity contribution >= 4 is 101 Å². The minimum atomic E-state index is 1.06. The van der Waals surface area contributed by atoms with E-state index < -0.39 is 0 Å². The van der Waals surface area contributed by atoms with E-state index in [4.69, 9.17) is 0 Å². The summed E-state index contributed by atoms with van der Waals surface area (Å²) >= 11 is 0. The van der Waals surface area contributed by atoms with Crippen molar-refractivity contribution < 1.29 is 0 Å². The topological polar surface area (TPSA) is 18.0 Å². The molecule has 3 aromatic heterocycles. The van der Waals surface area contributed by atoms with E-state index in [-0.39, 0.29) is 0 Å². The number of aromatic nitrogens is 3. The molecule has 302 valence electrons. The van der Waals surface area contributed by atoms with Crippen LogP contribution >= 0.6 is 0 Å². The van der Waals surface area contributed by atoms with E-state index in [0.717, 1.165) is 50.8 Å².